The number of hydrogen-bond donors (Lipinski definition) is 2. The highest BCUT2D eigenvalue weighted by Gasteiger charge is 2.10. The largest absolute Gasteiger partial charge is 0.495 e. The summed E-state index contributed by atoms with van der Waals surface area (Å²) in [7, 11) is 7.05. The fourth-order valence-corrected chi connectivity index (χ4v) is 2.61. The highest BCUT2D eigenvalue weighted by molar-refractivity contribution is 6.32. The number of ether oxygens (including phenoxy) is 2. The van der Waals surface area contributed by atoms with Crippen LogP contribution in [0.2, 0.25) is 5.02 Å². The van der Waals surface area contributed by atoms with Crippen LogP contribution in [0, 0.1) is 0 Å². The number of amides is 1. The van der Waals surface area contributed by atoms with Crippen molar-refractivity contribution in [2.45, 2.75) is 6.42 Å². The number of carbonyl (C=O) groups excluding carboxylic acids is 1. The summed E-state index contributed by atoms with van der Waals surface area (Å²) in [5.74, 6) is 1.06. The van der Waals surface area contributed by atoms with Gasteiger partial charge in [0.1, 0.15) is 11.5 Å². The van der Waals surface area contributed by atoms with Gasteiger partial charge in [0.05, 0.1) is 24.9 Å². The van der Waals surface area contributed by atoms with E-state index in [0.717, 1.165) is 17.1 Å². The molecule has 6 nitrogen and oxygen atoms in total. The molecule has 2 aromatic carbocycles. The fraction of sp³-hybridized carbons (Fsp3) is 0.316. The normalized spacial score (nSPS) is 10.2. The standard InChI is InChI=1S/C19H24ClN3O3/c1-23(2)14-7-5-13(6-8-14)22-19(24)9-10-21-16-12-17(25-3)15(20)11-18(16)26-4/h5-8,11-12,21H,9-10H2,1-4H3,(H,22,24). The van der Waals surface area contributed by atoms with Gasteiger partial charge in [-0.05, 0) is 24.3 Å². The molecule has 140 valence electrons. The number of hydrogen-bond acceptors (Lipinski definition) is 5. The van der Waals surface area contributed by atoms with Gasteiger partial charge in [-0.1, -0.05) is 11.6 Å². The van der Waals surface area contributed by atoms with E-state index in [4.69, 9.17) is 21.1 Å². The summed E-state index contributed by atoms with van der Waals surface area (Å²) < 4.78 is 10.5. The zero-order valence-corrected chi connectivity index (χ0v) is 16.2. The second kappa shape index (κ2) is 9.20. The van der Waals surface area contributed by atoms with Crippen LogP contribution in [0.25, 0.3) is 0 Å². The van der Waals surface area contributed by atoms with Gasteiger partial charge < -0.3 is 25.0 Å². The van der Waals surface area contributed by atoms with Crippen molar-refractivity contribution >= 4 is 34.6 Å². The first-order valence-electron chi connectivity index (χ1n) is 8.17. The molecule has 0 heterocycles. The Bertz CT molecular complexity index is 748. The predicted octanol–water partition coefficient (Wildman–Crippen LogP) is 3.86. The van der Waals surface area contributed by atoms with Gasteiger partial charge in [0.15, 0.2) is 0 Å². The topological polar surface area (TPSA) is 62.8 Å². The van der Waals surface area contributed by atoms with E-state index in [9.17, 15) is 4.79 Å². The van der Waals surface area contributed by atoms with Gasteiger partial charge in [-0.25, -0.2) is 0 Å². The molecule has 2 N–H and O–H groups in total. The number of nitrogens with zero attached hydrogens (tertiary/aromatic N) is 1. The van der Waals surface area contributed by atoms with E-state index < -0.39 is 0 Å². The molecule has 0 bridgehead atoms. The van der Waals surface area contributed by atoms with E-state index in [1.165, 1.54) is 0 Å². The van der Waals surface area contributed by atoms with Crippen LogP contribution >= 0.6 is 11.6 Å². The Morgan fingerprint density at radius 2 is 1.73 bits per heavy atom. The lowest BCUT2D eigenvalue weighted by Crippen LogP contribution is -2.16. The molecule has 0 saturated carbocycles. The van der Waals surface area contributed by atoms with Crippen molar-refractivity contribution in [3.63, 3.8) is 0 Å². The molecule has 0 aliphatic carbocycles. The summed E-state index contributed by atoms with van der Waals surface area (Å²) in [6.07, 6.45) is 0.309. The first-order chi connectivity index (χ1) is 12.4. The Morgan fingerprint density at radius 3 is 2.31 bits per heavy atom. The van der Waals surface area contributed by atoms with Crippen molar-refractivity contribution in [1.82, 2.24) is 0 Å². The Labute approximate surface area is 159 Å². The molecule has 0 aromatic heterocycles. The van der Waals surface area contributed by atoms with Crippen molar-refractivity contribution < 1.29 is 14.3 Å². The highest BCUT2D eigenvalue weighted by atomic mass is 35.5. The Kier molecular flexibility index (Phi) is 6.97. The lowest BCUT2D eigenvalue weighted by molar-refractivity contribution is -0.115. The molecule has 0 fully saturated rings. The van der Waals surface area contributed by atoms with Gasteiger partial charge in [0.2, 0.25) is 5.91 Å². The molecule has 0 aliphatic rings. The molecule has 0 spiro atoms. The molecule has 0 aliphatic heterocycles. The molecule has 0 radical (unpaired) electrons. The van der Waals surface area contributed by atoms with E-state index in [1.54, 1.807) is 26.4 Å². The molecular formula is C19H24ClN3O3. The average Bonchev–Trinajstić information content (AvgIpc) is 2.62. The summed E-state index contributed by atoms with van der Waals surface area (Å²) in [5.41, 5.74) is 2.57. The molecule has 2 aromatic rings. The van der Waals surface area contributed by atoms with Gasteiger partial charge in [-0.2, -0.15) is 0 Å². The molecule has 0 saturated heterocycles. The fourth-order valence-electron chi connectivity index (χ4n) is 2.38. The summed E-state index contributed by atoms with van der Waals surface area (Å²) in [6, 6.07) is 11.1. The lowest BCUT2D eigenvalue weighted by atomic mass is 10.2. The minimum absolute atomic E-state index is 0.0741. The van der Waals surface area contributed by atoms with Crippen LogP contribution in [0.3, 0.4) is 0 Å². The third-order valence-electron chi connectivity index (χ3n) is 3.81. The van der Waals surface area contributed by atoms with Crippen LogP contribution in [0.15, 0.2) is 36.4 Å². The minimum atomic E-state index is -0.0741. The van der Waals surface area contributed by atoms with Crippen molar-refractivity contribution in [1.29, 1.82) is 0 Å². The maximum atomic E-state index is 12.1. The Morgan fingerprint density at radius 1 is 1.08 bits per heavy atom. The first-order valence-corrected chi connectivity index (χ1v) is 8.55. The highest BCUT2D eigenvalue weighted by Crippen LogP contribution is 2.35. The molecule has 26 heavy (non-hydrogen) atoms. The monoisotopic (exact) mass is 377 g/mol. The maximum absolute atomic E-state index is 12.1. The third kappa shape index (κ3) is 5.20. The molecule has 0 atom stereocenters. The molecule has 1 amide bonds. The Balaban J connectivity index is 1.90. The number of carbonyl (C=O) groups is 1. The average molecular weight is 378 g/mol. The SMILES string of the molecule is COc1cc(NCCC(=O)Nc2ccc(N(C)C)cc2)c(OC)cc1Cl. The van der Waals surface area contributed by atoms with E-state index in [0.29, 0.717) is 29.5 Å². The molecule has 7 heteroatoms. The van der Waals surface area contributed by atoms with Gasteiger partial charge in [-0.15, -0.1) is 0 Å². The van der Waals surface area contributed by atoms with Gasteiger partial charge in [0, 0.05) is 50.6 Å². The van der Waals surface area contributed by atoms with Crippen molar-refractivity contribution in [3.8, 4) is 11.5 Å². The van der Waals surface area contributed by atoms with Crippen LogP contribution < -0.4 is 25.0 Å². The van der Waals surface area contributed by atoms with Gasteiger partial charge >= 0.3 is 0 Å². The van der Waals surface area contributed by atoms with Crippen molar-refractivity contribution in [3.05, 3.63) is 41.4 Å². The molecular weight excluding hydrogens is 354 g/mol. The molecule has 0 unspecified atom stereocenters. The van der Waals surface area contributed by atoms with Crippen molar-refractivity contribution in [2.75, 3.05) is 50.4 Å². The number of methoxy groups -OCH3 is 2. The number of nitrogens with one attached hydrogen (secondary N) is 2. The van der Waals surface area contributed by atoms with Crippen LogP contribution in [0.4, 0.5) is 17.1 Å². The number of benzene rings is 2. The first kappa shape index (κ1) is 19.7. The van der Waals surface area contributed by atoms with Crippen molar-refractivity contribution in [2.24, 2.45) is 0 Å². The van der Waals surface area contributed by atoms with Crippen LogP contribution in [-0.4, -0.2) is 40.8 Å². The minimum Gasteiger partial charge on any atom is -0.495 e. The number of anilines is 3. The van der Waals surface area contributed by atoms with E-state index in [2.05, 4.69) is 10.6 Å². The van der Waals surface area contributed by atoms with Gasteiger partial charge in [0.25, 0.3) is 0 Å². The summed E-state index contributed by atoms with van der Waals surface area (Å²) in [5, 5.41) is 6.52. The van der Waals surface area contributed by atoms with Crippen LogP contribution in [0.1, 0.15) is 6.42 Å². The Hall–Kier alpha value is -2.60. The second-order valence-electron chi connectivity index (χ2n) is 5.85. The maximum Gasteiger partial charge on any atom is 0.226 e. The van der Waals surface area contributed by atoms with E-state index >= 15 is 0 Å². The summed E-state index contributed by atoms with van der Waals surface area (Å²) in [6.45, 7) is 0.447. The molecule has 2 rings (SSSR count). The second-order valence-corrected chi connectivity index (χ2v) is 6.26. The summed E-state index contributed by atoms with van der Waals surface area (Å²) >= 11 is 6.09. The van der Waals surface area contributed by atoms with Gasteiger partial charge in [-0.3, -0.25) is 4.79 Å². The summed E-state index contributed by atoms with van der Waals surface area (Å²) in [4.78, 5) is 14.1. The third-order valence-corrected chi connectivity index (χ3v) is 4.10. The lowest BCUT2D eigenvalue weighted by Gasteiger charge is -2.14. The van der Waals surface area contributed by atoms with E-state index in [1.807, 2.05) is 43.3 Å². The van der Waals surface area contributed by atoms with Crippen LogP contribution in [-0.2, 0) is 4.79 Å². The smallest absolute Gasteiger partial charge is 0.226 e. The zero-order chi connectivity index (χ0) is 19.1. The quantitative estimate of drug-likeness (QED) is 0.731. The number of halogens is 1. The zero-order valence-electron chi connectivity index (χ0n) is 15.4. The van der Waals surface area contributed by atoms with E-state index in [-0.39, 0.29) is 5.91 Å². The predicted molar refractivity (Wildman–Crippen MR) is 107 cm³/mol. The number of rotatable bonds is 8. The van der Waals surface area contributed by atoms with Crippen LogP contribution in [0.5, 0.6) is 11.5 Å².